The van der Waals surface area contributed by atoms with Gasteiger partial charge in [0.15, 0.2) is 0 Å². The van der Waals surface area contributed by atoms with Crippen molar-refractivity contribution in [2.75, 3.05) is 11.9 Å². The van der Waals surface area contributed by atoms with E-state index in [0.29, 0.717) is 5.82 Å². The number of nitrogens with zero attached hydrogens (tertiary/aromatic N) is 1. The molecular formula is C14H25N3O2S. The molecule has 1 aromatic rings. The predicted molar refractivity (Wildman–Crippen MR) is 82.3 cm³/mol. The van der Waals surface area contributed by atoms with Crippen molar-refractivity contribution in [2.45, 2.75) is 57.4 Å². The Balaban J connectivity index is 2.76. The summed E-state index contributed by atoms with van der Waals surface area (Å²) in [5.74, 6) is 0.700. The molecule has 0 aliphatic carbocycles. The number of sulfonamides is 1. The molecule has 0 fully saturated rings. The molecule has 0 aromatic carbocycles. The first-order chi connectivity index (χ1) is 9.53. The van der Waals surface area contributed by atoms with Gasteiger partial charge in [0.2, 0.25) is 10.0 Å². The van der Waals surface area contributed by atoms with E-state index >= 15 is 0 Å². The number of pyridine rings is 1. The molecule has 5 nitrogen and oxygen atoms in total. The van der Waals surface area contributed by atoms with Crippen LogP contribution in [0.4, 0.5) is 5.82 Å². The highest BCUT2D eigenvalue weighted by Crippen LogP contribution is 2.13. The van der Waals surface area contributed by atoms with Crippen molar-refractivity contribution in [2.24, 2.45) is 0 Å². The van der Waals surface area contributed by atoms with E-state index in [4.69, 9.17) is 0 Å². The van der Waals surface area contributed by atoms with Gasteiger partial charge in [-0.25, -0.2) is 18.1 Å². The minimum Gasteiger partial charge on any atom is -0.370 e. The van der Waals surface area contributed by atoms with Gasteiger partial charge in [0.25, 0.3) is 0 Å². The van der Waals surface area contributed by atoms with E-state index in [2.05, 4.69) is 21.9 Å². The molecule has 0 aliphatic heterocycles. The molecule has 0 spiro atoms. The van der Waals surface area contributed by atoms with Gasteiger partial charge in [-0.3, -0.25) is 0 Å². The maximum atomic E-state index is 12.2. The van der Waals surface area contributed by atoms with E-state index in [1.54, 1.807) is 12.1 Å². The number of nitrogens with one attached hydrogen (secondary N) is 2. The van der Waals surface area contributed by atoms with Gasteiger partial charge in [-0.1, -0.05) is 27.2 Å². The molecule has 0 amide bonds. The lowest BCUT2D eigenvalue weighted by Gasteiger charge is -2.16. The van der Waals surface area contributed by atoms with Gasteiger partial charge in [0, 0.05) is 18.8 Å². The standard InChI is InChI=1S/C14H25N3O2S/c1-4-7-12(6-3)17-20(18,19)13-8-9-14(16-11-13)15-10-5-2/h8-9,11-12,17H,4-7,10H2,1-3H3,(H,15,16). The van der Waals surface area contributed by atoms with E-state index in [0.717, 1.165) is 32.2 Å². The van der Waals surface area contributed by atoms with Gasteiger partial charge in [-0.2, -0.15) is 0 Å². The van der Waals surface area contributed by atoms with Crippen LogP contribution in [0, 0.1) is 0 Å². The lowest BCUT2D eigenvalue weighted by molar-refractivity contribution is 0.512. The zero-order valence-electron chi connectivity index (χ0n) is 12.5. The van der Waals surface area contributed by atoms with Gasteiger partial charge >= 0.3 is 0 Å². The highest BCUT2D eigenvalue weighted by molar-refractivity contribution is 7.89. The summed E-state index contributed by atoms with van der Waals surface area (Å²) in [6.45, 7) is 6.92. The van der Waals surface area contributed by atoms with E-state index in [-0.39, 0.29) is 10.9 Å². The Labute approximate surface area is 122 Å². The SMILES string of the molecule is CCCNc1ccc(S(=O)(=O)NC(CC)CCC)cn1. The van der Waals surface area contributed by atoms with Crippen LogP contribution < -0.4 is 10.0 Å². The van der Waals surface area contributed by atoms with Crippen LogP contribution in [0.3, 0.4) is 0 Å². The van der Waals surface area contributed by atoms with Crippen molar-refractivity contribution >= 4 is 15.8 Å². The Morgan fingerprint density at radius 3 is 2.45 bits per heavy atom. The average Bonchev–Trinajstić information content (AvgIpc) is 2.45. The highest BCUT2D eigenvalue weighted by atomic mass is 32.2. The normalized spacial score (nSPS) is 13.2. The van der Waals surface area contributed by atoms with Crippen molar-refractivity contribution in [3.05, 3.63) is 18.3 Å². The van der Waals surface area contributed by atoms with Crippen molar-refractivity contribution < 1.29 is 8.42 Å². The van der Waals surface area contributed by atoms with Crippen LogP contribution in [0.1, 0.15) is 46.5 Å². The fourth-order valence-electron chi connectivity index (χ4n) is 1.88. The van der Waals surface area contributed by atoms with E-state index in [9.17, 15) is 8.42 Å². The number of hydrogen-bond acceptors (Lipinski definition) is 4. The lowest BCUT2D eigenvalue weighted by Crippen LogP contribution is -2.34. The zero-order chi connectivity index (χ0) is 15.0. The fraction of sp³-hybridized carbons (Fsp3) is 0.643. The van der Waals surface area contributed by atoms with Crippen LogP contribution in [0.25, 0.3) is 0 Å². The first kappa shape index (κ1) is 16.9. The van der Waals surface area contributed by atoms with Crippen LogP contribution >= 0.6 is 0 Å². The number of hydrogen-bond donors (Lipinski definition) is 2. The molecule has 2 N–H and O–H groups in total. The molecule has 1 heterocycles. The Morgan fingerprint density at radius 2 is 1.95 bits per heavy atom. The largest absolute Gasteiger partial charge is 0.370 e. The number of rotatable bonds is 9. The molecule has 6 heteroatoms. The summed E-state index contributed by atoms with van der Waals surface area (Å²) in [4.78, 5) is 4.35. The molecule has 114 valence electrons. The quantitative estimate of drug-likeness (QED) is 0.735. The summed E-state index contributed by atoms with van der Waals surface area (Å²) >= 11 is 0. The van der Waals surface area contributed by atoms with Gasteiger partial charge in [-0.15, -0.1) is 0 Å². The molecule has 1 aromatic heterocycles. The molecule has 1 atom stereocenters. The van der Waals surface area contributed by atoms with Crippen molar-refractivity contribution in [1.82, 2.24) is 9.71 Å². The van der Waals surface area contributed by atoms with E-state index in [1.165, 1.54) is 6.20 Å². The molecule has 1 unspecified atom stereocenters. The van der Waals surface area contributed by atoms with Gasteiger partial charge in [-0.05, 0) is 31.4 Å². The second-order valence-electron chi connectivity index (χ2n) is 4.82. The maximum absolute atomic E-state index is 12.2. The molecule has 1 rings (SSSR count). The molecule has 0 saturated carbocycles. The molecule has 0 aliphatic rings. The number of aromatic nitrogens is 1. The lowest BCUT2D eigenvalue weighted by atomic mass is 10.1. The smallest absolute Gasteiger partial charge is 0.242 e. The van der Waals surface area contributed by atoms with Crippen LogP contribution in [0.5, 0.6) is 0 Å². The van der Waals surface area contributed by atoms with Crippen molar-refractivity contribution in [3.8, 4) is 0 Å². The fourth-order valence-corrected chi connectivity index (χ4v) is 3.18. The van der Waals surface area contributed by atoms with E-state index < -0.39 is 10.0 Å². The first-order valence-corrected chi connectivity index (χ1v) is 8.74. The molecule has 0 radical (unpaired) electrons. The minimum absolute atomic E-state index is 0.0112. The summed E-state index contributed by atoms with van der Waals surface area (Å²) in [6.07, 6.45) is 4.99. The van der Waals surface area contributed by atoms with Gasteiger partial charge < -0.3 is 5.32 Å². The monoisotopic (exact) mass is 299 g/mol. The number of anilines is 1. The molecular weight excluding hydrogens is 274 g/mol. The van der Waals surface area contributed by atoms with Gasteiger partial charge in [0.1, 0.15) is 10.7 Å². The second kappa shape index (κ2) is 8.21. The Bertz CT molecular complexity index is 486. The van der Waals surface area contributed by atoms with Crippen LogP contribution in [-0.2, 0) is 10.0 Å². The predicted octanol–water partition coefficient (Wildman–Crippen LogP) is 2.76. The summed E-state index contributed by atoms with van der Waals surface area (Å²) in [5.41, 5.74) is 0. The van der Waals surface area contributed by atoms with Crippen LogP contribution in [0.15, 0.2) is 23.2 Å². The maximum Gasteiger partial charge on any atom is 0.242 e. The molecule has 0 saturated heterocycles. The zero-order valence-corrected chi connectivity index (χ0v) is 13.3. The van der Waals surface area contributed by atoms with E-state index in [1.807, 2.05) is 13.8 Å². The first-order valence-electron chi connectivity index (χ1n) is 7.25. The topological polar surface area (TPSA) is 71.1 Å². The summed E-state index contributed by atoms with van der Waals surface area (Å²) in [6, 6.07) is 3.28. The average molecular weight is 299 g/mol. The Morgan fingerprint density at radius 1 is 1.20 bits per heavy atom. The summed E-state index contributed by atoms with van der Waals surface area (Å²) < 4.78 is 27.2. The second-order valence-corrected chi connectivity index (χ2v) is 6.54. The summed E-state index contributed by atoms with van der Waals surface area (Å²) in [7, 11) is -3.47. The Kier molecular flexibility index (Phi) is 6.95. The van der Waals surface area contributed by atoms with Crippen molar-refractivity contribution in [1.29, 1.82) is 0 Å². The van der Waals surface area contributed by atoms with Crippen LogP contribution in [-0.4, -0.2) is 26.0 Å². The van der Waals surface area contributed by atoms with Crippen molar-refractivity contribution in [3.63, 3.8) is 0 Å². The summed E-state index contributed by atoms with van der Waals surface area (Å²) in [5, 5.41) is 3.12. The van der Waals surface area contributed by atoms with Crippen LogP contribution in [0.2, 0.25) is 0 Å². The molecule has 20 heavy (non-hydrogen) atoms. The highest BCUT2D eigenvalue weighted by Gasteiger charge is 2.18. The third kappa shape index (κ3) is 5.09. The molecule has 0 bridgehead atoms. The van der Waals surface area contributed by atoms with Gasteiger partial charge in [0.05, 0.1) is 0 Å². The third-order valence-electron chi connectivity index (χ3n) is 3.05. The minimum atomic E-state index is -3.47. The third-order valence-corrected chi connectivity index (χ3v) is 4.56. The Hall–Kier alpha value is -1.14.